The van der Waals surface area contributed by atoms with Gasteiger partial charge in [0.05, 0.1) is 7.11 Å². The van der Waals surface area contributed by atoms with E-state index in [9.17, 15) is 4.79 Å². The van der Waals surface area contributed by atoms with Gasteiger partial charge in [0.15, 0.2) is 0 Å². The van der Waals surface area contributed by atoms with E-state index in [1.807, 2.05) is 31.3 Å². The topological polar surface area (TPSA) is 50.4 Å². The van der Waals surface area contributed by atoms with Crippen LogP contribution in [0.4, 0.5) is 0 Å². The minimum Gasteiger partial charge on any atom is -0.496 e. The van der Waals surface area contributed by atoms with E-state index in [1.165, 1.54) is 0 Å². The summed E-state index contributed by atoms with van der Waals surface area (Å²) in [7, 11) is 3.55. The van der Waals surface area contributed by atoms with Gasteiger partial charge in [-0.1, -0.05) is 25.1 Å². The van der Waals surface area contributed by atoms with Crippen molar-refractivity contribution in [3.05, 3.63) is 29.8 Å². The second kappa shape index (κ2) is 10.5. The van der Waals surface area contributed by atoms with Gasteiger partial charge in [-0.3, -0.25) is 4.79 Å². The Hall–Kier alpha value is -1.26. The van der Waals surface area contributed by atoms with Crippen LogP contribution < -0.4 is 15.4 Å². The predicted molar refractivity (Wildman–Crippen MR) is 84.7 cm³/mol. The molecule has 0 fully saturated rings. The van der Waals surface area contributed by atoms with E-state index in [0.29, 0.717) is 18.9 Å². The molecule has 0 saturated carbocycles. The van der Waals surface area contributed by atoms with Gasteiger partial charge in [0, 0.05) is 19.5 Å². The molecule has 20 heavy (non-hydrogen) atoms. The third-order valence-electron chi connectivity index (χ3n) is 2.99. The molecule has 0 aromatic heterocycles. The number of para-hydroxylation sites is 1. The van der Waals surface area contributed by atoms with Crippen LogP contribution in [0.1, 0.15) is 18.9 Å². The molecule has 0 aliphatic rings. The first kappa shape index (κ1) is 18.7. The van der Waals surface area contributed by atoms with Crippen molar-refractivity contribution < 1.29 is 9.53 Å². The third kappa shape index (κ3) is 6.78. The van der Waals surface area contributed by atoms with Gasteiger partial charge in [0.25, 0.3) is 0 Å². The molecule has 0 spiro atoms. The van der Waals surface area contributed by atoms with Crippen molar-refractivity contribution in [2.75, 3.05) is 27.2 Å². The van der Waals surface area contributed by atoms with E-state index in [0.717, 1.165) is 24.3 Å². The minimum absolute atomic E-state index is 0. The molecular weight excluding hydrogens is 276 g/mol. The van der Waals surface area contributed by atoms with E-state index in [2.05, 4.69) is 17.6 Å². The highest BCUT2D eigenvalue weighted by Crippen LogP contribution is 2.21. The molecule has 0 aliphatic heterocycles. The summed E-state index contributed by atoms with van der Waals surface area (Å²) in [5, 5.41) is 5.90. The Bertz CT molecular complexity index is 399. The Labute approximate surface area is 127 Å². The van der Waals surface area contributed by atoms with Gasteiger partial charge in [-0.05, 0) is 31.0 Å². The molecule has 0 radical (unpaired) electrons. The zero-order valence-corrected chi connectivity index (χ0v) is 13.3. The summed E-state index contributed by atoms with van der Waals surface area (Å²) in [5.41, 5.74) is 1.15. The van der Waals surface area contributed by atoms with Crippen molar-refractivity contribution in [2.45, 2.75) is 19.8 Å². The fraction of sp³-hybridized carbons (Fsp3) is 0.533. The number of likely N-dealkylation sites (N-methyl/N-ethyl adjacent to an activating group) is 1. The van der Waals surface area contributed by atoms with Crippen LogP contribution in [0.15, 0.2) is 24.3 Å². The summed E-state index contributed by atoms with van der Waals surface area (Å²) in [5.74, 6) is 1.30. The van der Waals surface area contributed by atoms with E-state index >= 15 is 0 Å². The fourth-order valence-corrected chi connectivity index (χ4v) is 2.03. The van der Waals surface area contributed by atoms with Crippen molar-refractivity contribution in [2.24, 2.45) is 5.92 Å². The molecule has 0 aliphatic carbocycles. The highest BCUT2D eigenvalue weighted by Gasteiger charge is 2.11. The maximum absolute atomic E-state index is 11.7. The molecule has 1 rings (SSSR count). The first-order chi connectivity index (χ1) is 9.17. The van der Waals surface area contributed by atoms with Gasteiger partial charge in [0.1, 0.15) is 5.75 Å². The first-order valence-electron chi connectivity index (χ1n) is 6.70. The Morgan fingerprint density at radius 3 is 2.65 bits per heavy atom. The standard InChI is InChI=1S/C15H24N2O2.ClH/c1-12(11-15(18)17-9-8-16-2)10-13-6-4-5-7-14(13)19-3;/h4-7,12,16H,8-11H2,1-3H3,(H,17,18);1H. The Morgan fingerprint density at radius 1 is 1.30 bits per heavy atom. The fourth-order valence-electron chi connectivity index (χ4n) is 2.03. The molecule has 2 N–H and O–H groups in total. The molecule has 1 aromatic carbocycles. The lowest BCUT2D eigenvalue weighted by Gasteiger charge is -2.14. The second-order valence-electron chi connectivity index (χ2n) is 4.78. The molecule has 1 atom stereocenters. The van der Waals surface area contributed by atoms with E-state index < -0.39 is 0 Å². The molecule has 4 nitrogen and oxygen atoms in total. The van der Waals surface area contributed by atoms with E-state index in [1.54, 1.807) is 7.11 Å². The van der Waals surface area contributed by atoms with Crippen LogP contribution >= 0.6 is 12.4 Å². The molecular formula is C15H25ClN2O2. The molecule has 0 bridgehead atoms. The van der Waals surface area contributed by atoms with E-state index in [4.69, 9.17) is 4.74 Å². The quantitative estimate of drug-likeness (QED) is 0.722. The zero-order chi connectivity index (χ0) is 14.1. The van der Waals surface area contributed by atoms with Gasteiger partial charge >= 0.3 is 0 Å². The highest BCUT2D eigenvalue weighted by molar-refractivity contribution is 5.85. The summed E-state index contributed by atoms with van der Waals surface area (Å²) in [6, 6.07) is 7.96. The normalized spacial score (nSPS) is 11.3. The number of methoxy groups -OCH3 is 1. The van der Waals surface area contributed by atoms with Crippen molar-refractivity contribution in [3.63, 3.8) is 0 Å². The first-order valence-corrected chi connectivity index (χ1v) is 6.70. The summed E-state index contributed by atoms with van der Waals surface area (Å²) < 4.78 is 5.32. The number of carbonyl (C=O) groups is 1. The van der Waals surface area contributed by atoms with Crippen LogP contribution in [0.2, 0.25) is 0 Å². The third-order valence-corrected chi connectivity index (χ3v) is 2.99. The maximum atomic E-state index is 11.7. The van der Waals surface area contributed by atoms with Crippen LogP contribution in [0.3, 0.4) is 0 Å². The number of nitrogens with one attached hydrogen (secondary N) is 2. The van der Waals surface area contributed by atoms with Gasteiger partial charge in [0.2, 0.25) is 5.91 Å². The van der Waals surface area contributed by atoms with E-state index in [-0.39, 0.29) is 18.3 Å². The van der Waals surface area contributed by atoms with Crippen LogP contribution in [0.5, 0.6) is 5.75 Å². The lowest BCUT2D eigenvalue weighted by molar-refractivity contribution is -0.121. The van der Waals surface area contributed by atoms with Gasteiger partial charge in [-0.2, -0.15) is 0 Å². The summed E-state index contributed by atoms with van der Waals surface area (Å²) in [6.45, 7) is 3.56. The smallest absolute Gasteiger partial charge is 0.220 e. The lowest BCUT2D eigenvalue weighted by atomic mass is 9.97. The van der Waals surface area contributed by atoms with Gasteiger partial charge in [-0.15, -0.1) is 12.4 Å². The Balaban J connectivity index is 0.00000361. The van der Waals surface area contributed by atoms with Crippen LogP contribution in [-0.2, 0) is 11.2 Å². The van der Waals surface area contributed by atoms with Crippen molar-refractivity contribution in [1.29, 1.82) is 0 Å². The van der Waals surface area contributed by atoms with Crippen molar-refractivity contribution in [1.82, 2.24) is 10.6 Å². The minimum atomic E-state index is 0. The summed E-state index contributed by atoms with van der Waals surface area (Å²) in [4.78, 5) is 11.7. The number of hydrogen-bond acceptors (Lipinski definition) is 3. The molecule has 1 amide bonds. The predicted octanol–water partition coefficient (Wildman–Crippen LogP) is 2.02. The molecule has 0 saturated heterocycles. The number of amides is 1. The van der Waals surface area contributed by atoms with Crippen LogP contribution in [0, 0.1) is 5.92 Å². The van der Waals surface area contributed by atoms with Gasteiger partial charge in [-0.25, -0.2) is 0 Å². The second-order valence-corrected chi connectivity index (χ2v) is 4.78. The van der Waals surface area contributed by atoms with Gasteiger partial charge < -0.3 is 15.4 Å². The number of hydrogen-bond donors (Lipinski definition) is 2. The number of carbonyl (C=O) groups excluding carboxylic acids is 1. The largest absolute Gasteiger partial charge is 0.496 e. The lowest BCUT2D eigenvalue weighted by Crippen LogP contribution is -2.31. The van der Waals surface area contributed by atoms with Crippen LogP contribution in [-0.4, -0.2) is 33.2 Å². The number of halogens is 1. The molecule has 1 unspecified atom stereocenters. The molecule has 5 heteroatoms. The van der Waals surface area contributed by atoms with Crippen molar-refractivity contribution in [3.8, 4) is 5.75 Å². The maximum Gasteiger partial charge on any atom is 0.220 e. The SMILES string of the molecule is CNCCNC(=O)CC(C)Cc1ccccc1OC.Cl. The molecule has 1 aromatic rings. The van der Waals surface area contributed by atoms with Crippen molar-refractivity contribution >= 4 is 18.3 Å². The molecule has 114 valence electrons. The zero-order valence-electron chi connectivity index (χ0n) is 12.4. The Kier molecular flexibility index (Phi) is 9.86. The average molecular weight is 301 g/mol. The summed E-state index contributed by atoms with van der Waals surface area (Å²) >= 11 is 0. The number of benzene rings is 1. The number of rotatable bonds is 8. The summed E-state index contributed by atoms with van der Waals surface area (Å²) in [6.07, 6.45) is 1.39. The highest BCUT2D eigenvalue weighted by atomic mass is 35.5. The number of ether oxygens (including phenoxy) is 1. The monoisotopic (exact) mass is 300 g/mol. The Morgan fingerprint density at radius 2 is 2.00 bits per heavy atom. The molecule has 0 heterocycles. The van der Waals surface area contributed by atoms with Crippen LogP contribution in [0.25, 0.3) is 0 Å². The average Bonchev–Trinajstić information content (AvgIpc) is 2.39.